The van der Waals surface area contributed by atoms with Crippen LogP contribution < -0.4 is 10.5 Å². The van der Waals surface area contributed by atoms with Crippen LogP contribution in [0.4, 0.5) is 5.69 Å². The highest BCUT2D eigenvalue weighted by Gasteiger charge is 2.28. The summed E-state index contributed by atoms with van der Waals surface area (Å²) in [5, 5.41) is 9.11. The first-order valence-electron chi connectivity index (χ1n) is 5.50. The van der Waals surface area contributed by atoms with Crippen molar-refractivity contribution in [3.8, 4) is 0 Å². The monoisotopic (exact) mass is 256 g/mol. The van der Waals surface area contributed by atoms with E-state index in [1.165, 1.54) is 12.1 Å². The van der Waals surface area contributed by atoms with Crippen molar-refractivity contribution in [1.29, 1.82) is 0 Å². The van der Waals surface area contributed by atoms with Gasteiger partial charge in [0, 0.05) is 12.2 Å². The Balaban J connectivity index is 1.99. The summed E-state index contributed by atoms with van der Waals surface area (Å²) in [6.45, 7) is 0.369. The Morgan fingerprint density at radius 3 is 2.71 bits per heavy atom. The number of anilines is 1. The lowest BCUT2D eigenvalue weighted by molar-refractivity contribution is 0.0453. The Hall–Kier alpha value is -1.11. The smallest absolute Gasteiger partial charge is 0.240 e. The van der Waals surface area contributed by atoms with E-state index in [1.807, 2.05) is 0 Å². The molecule has 0 aliphatic heterocycles. The van der Waals surface area contributed by atoms with E-state index in [0.29, 0.717) is 25.1 Å². The van der Waals surface area contributed by atoms with Gasteiger partial charge in [-0.25, -0.2) is 13.1 Å². The number of hydrogen-bond donors (Lipinski definition) is 3. The average Bonchev–Trinajstić information content (AvgIpc) is 2.23. The molecule has 1 saturated carbocycles. The first kappa shape index (κ1) is 12.3. The van der Waals surface area contributed by atoms with Crippen LogP contribution in [0.2, 0.25) is 0 Å². The minimum atomic E-state index is -3.48. The van der Waals surface area contributed by atoms with Crippen LogP contribution in [0, 0.1) is 5.92 Å². The zero-order valence-corrected chi connectivity index (χ0v) is 10.2. The van der Waals surface area contributed by atoms with Crippen molar-refractivity contribution >= 4 is 15.7 Å². The molecule has 2 rings (SSSR count). The van der Waals surface area contributed by atoms with Crippen molar-refractivity contribution in [2.45, 2.75) is 23.8 Å². The third kappa shape index (κ3) is 2.96. The molecule has 1 fully saturated rings. The highest BCUT2D eigenvalue weighted by atomic mass is 32.2. The first-order valence-corrected chi connectivity index (χ1v) is 6.99. The minimum absolute atomic E-state index is 0.178. The maximum atomic E-state index is 11.9. The summed E-state index contributed by atoms with van der Waals surface area (Å²) in [5.41, 5.74) is 5.96. The lowest BCUT2D eigenvalue weighted by atomic mass is 9.83. The summed E-state index contributed by atoms with van der Waals surface area (Å²) in [5.74, 6) is 0.237. The molecular weight excluding hydrogens is 240 g/mol. The van der Waals surface area contributed by atoms with E-state index in [2.05, 4.69) is 4.72 Å². The van der Waals surface area contributed by atoms with Crippen LogP contribution in [0.5, 0.6) is 0 Å². The third-order valence-corrected chi connectivity index (χ3v) is 4.36. The van der Waals surface area contributed by atoms with Gasteiger partial charge in [0.1, 0.15) is 0 Å². The molecule has 0 bridgehead atoms. The van der Waals surface area contributed by atoms with Gasteiger partial charge in [0.2, 0.25) is 10.0 Å². The van der Waals surface area contributed by atoms with Gasteiger partial charge in [-0.15, -0.1) is 0 Å². The quantitative estimate of drug-likeness (QED) is 0.676. The van der Waals surface area contributed by atoms with Gasteiger partial charge in [0.25, 0.3) is 0 Å². The molecule has 94 valence electrons. The van der Waals surface area contributed by atoms with E-state index in [0.717, 1.165) is 0 Å². The second-order valence-corrected chi connectivity index (χ2v) is 6.18. The summed E-state index contributed by atoms with van der Waals surface area (Å²) in [4.78, 5) is 0.178. The zero-order valence-electron chi connectivity index (χ0n) is 9.33. The molecule has 5 nitrogen and oxygen atoms in total. The average molecular weight is 256 g/mol. The summed E-state index contributed by atoms with van der Waals surface area (Å²) >= 11 is 0. The molecule has 4 N–H and O–H groups in total. The van der Waals surface area contributed by atoms with Gasteiger partial charge in [-0.05, 0) is 37.0 Å². The van der Waals surface area contributed by atoms with Crippen molar-refractivity contribution < 1.29 is 13.5 Å². The number of aliphatic hydroxyl groups is 1. The lowest BCUT2D eigenvalue weighted by Crippen LogP contribution is -2.38. The first-order chi connectivity index (χ1) is 7.97. The number of sulfonamides is 1. The third-order valence-electron chi connectivity index (χ3n) is 2.94. The van der Waals surface area contributed by atoms with E-state index in [1.54, 1.807) is 12.1 Å². The molecule has 0 saturated heterocycles. The zero-order chi connectivity index (χ0) is 12.5. The Morgan fingerprint density at radius 1 is 1.41 bits per heavy atom. The number of hydrogen-bond acceptors (Lipinski definition) is 4. The van der Waals surface area contributed by atoms with Gasteiger partial charge in [-0.3, -0.25) is 0 Å². The van der Waals surface area contributed by atoms with Crippen LogP contribution >= 0.6 is 0 Å². The van der Waals surface area contributed by atoms with Crippen molar-refractivity contribution in [3.63, 3.8) is 0 Å². The predicted molar refractivity (Wildman–Crippen MR) is 64.8 cm³/mol. The number of nitrogen functional groups attached to an aromatic ring is 1. The molecule has 0 unspecified atom stereocenters. The number of rotatable bonds is 4. The highest BCUT2D eigenvalue weighted by Crippen LogP contribution is 2.26. The fraction of sp³-hybridized carbons (Fsp3) is 0.455. The number of benzene rings is 1. The van der Waals surface area contributed by atoms with Crippen molar-refractivity contribution in [2.75, 3.05) is 12.3 Å². The van der Waals surface area contributed by atoms with Crippen molar-refractivity contribution in [3.05, 3.63) is 24.3 Å². The van der Waals surface area contributed by atoms with E-state index >= 15 is 0 Å². The van der Waals surface area contributed by atoms with Crippen LogP contribution in [0.25, 0.3) is 0 Å². The largest absolute Gasteiger partial charge is 0.399 e. The molecule has 0 radical (unpaired) electrons. The van der Waals surface area contributed by atoms with Crippen LogP contribution in [-0.4, -0.2) is 26.2 Å². The number of aliphatic hydroxyl groups excluding tert-OH is 1. The van der Waals surface area contributed by atoms with E-state index in [9.17, 15) is 8.42 Å². The molecule has 1 aromatic carbocycles. The SMILES string of the molecule is Nc1cccc(S(=O)(=O)NCC2CC(O)C2)c1. The van der Waals surface area contributed by atoms with Gasteiger partial charge >= 0.3 is 0 Å². The van der Waals surface area contributed by atoms with Crippen molar-refractivity contribution in [2.24, 2.45) is 5.92 Å². The standard InChI is InChI=1S/C11H16N2O3S/c12-9-2-1-3-11(6-9)17(15,16)13-7-8-4-10(14)5-8/h1-3,6,8,10,13-14H,4-5,7,12H2. The maximum Gasteiger partial charge on any atom is 0.240 e. The Morgan fingerprint density at radius 2 is 2.12 bits per heavy atom. The van der Waals surface area contributed by atoms with Gasteiger partial charge in [-0.1, -0.05) is 6.07 Å². The molecule has 17 heavy (non-hydrogen) atoms. The summed E-state index contributed by atoms with van der Waals surface area (Å²) in [6.07, 6.45) is 1.07. The predicted octanol–water partition coefficient (Wildman–Crippen LogP) is 0.318. The highest BCUT2D eigenvalue weighted by molar-refractivity contribution is 7.89. The Bertz CT molecular complexity index is 495. The van der Waals surface area contributed by atoms with Gasteiger partial charge in [0.15, 0.2) is 0 Å². The molecule has 0 spiro atoms. The maximum absolute atomic E-state index is 11.9. The number of nitrogens with two attached hydrogens (primary N) is 1. The molecule has 1 aliphatic rings. The summed E-state index contributed by atoms with van der Waals surface area (Å²) in [7, 11) is -3.48. The molecule has 0 heterocycles. The van der Waals surface area contributed by atoms with E-state index < -0.39 is 10.0 Å². The fourth-order valence-corrected chi connectivity index (χ4v) is 3.03. The topological polar surface area (TPSA) is 92.4 Å². The Kier molecular flexibility index (Phi) is 3.37. The van der Waals surface area contributed by atoms with Crippen LogP contribution in [0.15, 0.2) is 29.2 Å². The Labute approximate surface area is 101 Å². The molecule has 6 heteroatoms. The molecular formula is C11H16N2O3S. The molecule has 0 aromatic heterocycles. The second kappa shape index (κ2) is 4.64. The normalized spacial score (nSPS) is 24.3. The minimum Gasteiger partial charge on any atom is -0.399 e. The van der Waals surface area contributed by atoms with Crippen LogP contribution in [0.1, 0.15) is 12.8 Å². The van der Waals surface area contributed by atoms with E-state index in [-0.39, 0.29) is 16.9 Å². The molecule has 0 amide bonds. The molecule has 0 atom stereocenters. The van der Waals surface area contributed by atoms with Crippen LogP contribution in [-0.2, 0) is 10.0 Å². The van der Waals surface area contributed by atoms with Gasteiger partial charge < -0.3 is 10.8 Å². The summed E-state index contributed by atoms with van der Waals surface area (Å²) < 4.78 is 26.3. The fourth-order valence-electron chi connectivity index (χ4n) is 1.86. The van der Waals surface area contributed by atoms with Crippen LogP contribution in [0.3, 0.4) is 0 Å². The summed E-state index contributed by atoms with van der Waals surface area (Å²) in [6, 6.07) is 6.19. The van der Waals surface area contributed by atoms with Gasteiger partial charge in [-0.2, -0.15) is 0 Å². The number of nitrogens with one attached hydrogen (secondary N) is 1. The van der Waals surface area contributed by atoms with Gasteiger partial charge in [0.05, 0.1) is 11.0 Å². The molecule has 1 aliphatic carbocycles. The lowest BCUT2D eigenvalue weighted by Gasteiger charge is -2.31. The van der Waals surface area contributed by atoms with E-state index in [4.69, 9.17) is 10.8 Å². The molecule has 1 aromatic rings. The second-order valence-electron chi connectivity index (χ2n) is 4.42. The van der Waals surface area contributed by atoms with Crippen molar-refractivity contribution in [1.82, 2.24) is 4.72 Å².